The highest BCUT2D eigenvalue weighted by Gasteiger charge is 2.75. The molecule has 25 heavy (non-hydrogen) atoms. The van der Waals surface area contributed by atoms with Crippen molar-refractivity contribution >= 4 is 5.78 Å². The van der Waals surface area contributed by atoms with Crippen LogP contribution in [0.1, 0.15) is 46.0 Å². The number of Topliss-reactive ketones (excluding diaryl/α,β-unsaturated/α-hetero) is 1. The van der Waals surface area contributed by atoms with Gasteiger partial charge in [0.1, 0.15) is 0 Å². The molecule has 0 radical (unpaired) electrons. The molecular weight excluding hydrogens is 320 g/mol. The zero-order valence-electron chi connectivity index (χ0n) is 15.1. The Morgan fingerprint density at radius 3 is 2.40 bits per heavy atom. The van der Waals surface area contributed by atoms with Crippen LogP contribution in [0.2, 0.25) is 0 Å². The van der Waals surface area contributed by atoms with Gasteiger partial charge in [-0.1, -0.05) is 20.4 Å². The highest BCUT2D eigenvalue weighted by Crippen LogP contribution is 2.70. The molecule has 0 aromatic carbocycles. The van der Waals surface area contributed by atoms with Gasteiger partial charge in [0.05, 0.1) is 23.7 Å². The molecule has 5 nitrogen and oxygen atoms in total. The van der Waals surface area contributed by atoms with Gasteiger partial charge in [-0.15, -0.1) is 0 Å². The van der Waals surface area contributed by atoms with Gasteiger partial charge in [-0.25, -0.2) is 0 Å². The van der Waals surface area contributed by atoms with E-state index in [-0.39, 0.29) is 30.1 Å². The smallest absolute Gasteiger partial charge is 0.170 e. The standard InChI is InChI=1S/C20H30O5/c1-10-11-4-5-12-19(9-21)7-6-14(22)18(2,3)13(19)8-15(23)20(12,16(10)24)17(11)25/h11-15,17,21-23,25H,1,4-9H2,2-3H3. The van der Waals surface area contributed by atoms with Gasteiger partial charge in [0.15, 0.2) is 5.78 Å². The molecule has 1 spiro atoms. The van der Waals surface area contributed by atoms with E-state index in [0.29, 0.717) is 37.7 Å². The molecular formula is C20H30O5. The molecule has 8 atom stereocenters. The van der Waals surface area contributed by atoms with Crippen molar-refractivity contribution in [1.29, 1.82) is 0 Å². The molecule has 5 heteroatoms. The number of hydrogen-bond donors (Lipinski definition) is 4. The van der Waals surface area contributed by atoms with E-state index in [1.165, 1.54) is 0 Å². The van der Waals surface area contributed by atoms with Crippen molar-refractivity contribution in [3.05, 3.63) is 12.2 Å². The largest absolute Gasteiger partial charge is 0.396 e. The van der Waals surface area contributed by atoms with Crippen molar-refractivity contribution in [3.8, 4) is 0 Å². The Bertz CT molecular complexity index is 628. The maximum atomic E-state index is 13.2. The third-order valence-corrected chi connectivity index (χ3v) is 8.68. The van der Waals surface area contributed by atoms with Crippen molar-refractivity contribution in [2.45, 2.75) is 64.3 Å². The van der Waals surface area contributed by atoms with Gasteiger partial charge in [0, 0.05) is 17.9 Å². The Morgan fingerprint density at radius 1 is 1.08 bits per heavy atom. The molecule has 4 rings (SSSR count). The number of rotatable bonds is 1. The summed E-state index contributed by atoms with van der Waals surface area (Å²) in [5, 5.41) is 43.2. The van der Waals surface area contributed by atoms with E-state index in [1.807, 2.05) is 13.8 Å². The predicted octanol–water partition coefficient (Wildman–Crippen LogP) is 1.04. The van der Waals surface area contributed by atoms with Gasteiger partial charge in [-0.05, 0) is 54.9 Å². The normalized spacial score (nSPS) is 54.2. The minimum Gasteiger partial charge on any atom is -0.396 e. The average Bonchev–Trinajstić information content (AvgIpc) is 2.68. The lowest BCUT2D eigenvalue weighted by Gasteiger charge is -2.66. The Kier molecular flexibility index (Phi) is 3.64. The first-order valence-electron chi connectivity index (χ1n) is 9.54. The summed E-state index contributed by atoms with van der Waals surface area (Å²) in [6, 6.07) is 0. The first-order chi connectivity index (χ1) is 11.7. The molecule has 140 valence electrons. The molecule has 4 fully saturated rings. The summed E-state index contributed by atoms with van der Waals surface area (Å²) >= 11 is 0. The van der Waals surface area contributed by atoms with Gasteiger partial charge < -0.3 is 20.4 Å². The number of aliphatic hydroxyl groups excluding tert-OH is 4. The van der Waals surface area contributed by atoms with E-state index >= 15 is 0 Å². The second-order valence-electron chi connectivity index (χ2n) is 9.54. The molecule has 4 aliphatic carbocycles. The minimum atomic E-state index is -1.22. The number of carbonyl (C=O) groups is 1. The summed E-state index contributed by atoms with van der Waals surface area (Å²) in [5.74, 6) is -0.837. The molecule has 2 bridgehead atoms. The van der Waals surface area contributed by atoms with Gasteiger partial charge in [0.25, 0.3) is 0 Å². The van der Waals surface area contributed by atoms with E-state index in [0.717, 1.165) is 0 Å². The fourth-order valence-electron chi connectivity index (χ4n) is 7.33. The lowest BCUT2D eigenvalue weighted by atomic mass is 9.39. The average molecular weight is 350 g/mol. The van der Waals surface area contributed by atoms with Crippen LogP contribution in [0.3, 0.4) is 0 Å². The second-order valence-corrected chi connectivity index (χ2v) is 9.54. The van der Waals surface area contributed by atoms with Crippen molar-refractivity contribution in [2.75, 3.05) is 6.61 Å². The number of ketones is 1. The third-order valence-electron chi connectivity index (χ3n) is 8.68. The number of carbonyl (C=O) groups excluding carboxylic acids is 1. The van der Waals surface area contributed by atoms with Crippen molar-refractivity contribution < 1.29 is 25.2 Å². The zero-order valence-corrected chi connectivity index (χ0v) is 15.1. The summed E-state index contributed by atoms with van der Waals surface area (Å²) in [4.78, 5) is 13.2. The van der Waals surface area contributed by atoms with E-state index < -0.39 is 34.6 Å². The van der Waals surface area contributed by atoms with Gasteiger partial charge in [0.2, 0.25) is 0 Å². The molecule has 0 heterocycles. The summed E-state index contributed by atoms with van der Waals surface area (Å²) < 4.78 is 0. The van der Waals surface area contributed by atoms with E-state index in [2.05, 4.69) is 6.58 Å². The molecule has 8 unspecified atom stereocenters. The quantitative estimate of drug-likeness (QED) is 0.530. The Balaban J connectivity index is 1.90. The van der Waals surface area contributed by atoms with Crippen LogP contribution in [0.15, 0.2) is 12.2 Å². The van der Waals surface area contributed by atoms with Gasteiger partial charge in [-0.2, -0.15) is 0 Å². The summed E-state index contributed by atoms with van der Waals surface area (Å²) in [5.41, 5.74) is -1.79. The van der Waals surface area contributed by atoms with Crippen LogP contribution in [-0.4, -0.2) is 51.1 Å². The predicted molar refractivity (Wildman–Crippen MR) is 91.5 cm³/mol. The summed E-state index contributed by atoms with van der Waals surface area (Å²) in [6.45, 7) is 7.83. The van der Waals surface area contributed by atoms with Crippen LogP contribution < -0.4 is 0 Å². The topological polar surface area (TPSA) is 98.0 Å². The van der Waals surface area contributed by atoms with Crippen molar-refractivity contribution in [3.63, 3.8) is 0 Å². The third kappa shape index (κ3) is 1.76. The number of hydrogen-bond acceptors (Lipinski definition) is 5. The van der Waals surface area contributed by atoms with Gasteiger partial charge >= 0.3 is 0 Å². The maximum Gasteiger partial charge on any atom is 0.170 e. The molecule has 0 aliphatic heterocycles. The van der Waals surface area contributed by atoms with Crippen molar-refractivity contribution in [1.82, 2.24) is 0 Å². The second kappa shape index (κ2) is 5.16. The highest BCUT2D eigenvalue weighted by molar-refractivity contribution is 6.04. The molecule has 4 saturated carbocycles. The molecule has 4 N–H and O–H groups in total. The minimum absolute atomic E-state index is 0.0793. The maximum absolute atomic E-state index is 13.2. The summed E-state index contributed by atoms with van der Waals surface area (Å²) in [6.07, 6.45) is 0.515. The van der Waals surface area contributed by atoms with E-state index in [1.54, 1.807) is 0 Å². The molecule has 0 aromatic rings. The first kappa shape index (κ1) is 17.7. The van der Waals surface area contributed by atoms with Crippen LogP contribution >= 0.6 is 0 Å². The Labute approximate surface area is 148 Å². The lowest BCUT2D eigenvalue weighted by molar-refractivity contribution is -0.252. The monoisotopic (exact) mass is 350 g/mol. The van der Waals surface area contributed by atoms with E-state index in [9.17, 15) is 25.2 Å². The highest BCUT2D eigenvalue weighted by atomic mass is 16.3. The Hall–Kier alpha value is -0.750. The number of fused-ring (bicyclic) bond motifs is 3. The first-order valence-corrected chi connectivity index (χ1v) is 9.54. The van der Waals surface area contributed by atoms with Crippen LogP contribution in [0.25, 0.3) is 0 Å². The molecule has 0 amide bonds. The van der Waals surface area contributed by atoms with Crippen LogP contribution in [0.5, 0.6) is 0 Å². The Morgan fingerprint density at radius 2 is 1.76 bits per heavy atom. The molecule has 4 aliphatic rings. The zero-order chi connectivity index (χ0) is 18.4. The van der Waals surface area contributed by atoms with Crippen LogP contribution in [-0.2, 0) is 4.79 Å². The lowest BCUT2D eigenvalue weighted by Crippen LogP contribution is -2.70. The van der Waals surface area contributed by atoms with Crippen LogP contribution in [0, 0.1) is 34.0 Å². The molecule has 0 saturated heterocycles. The summed E-state index contributed by atoms with van der Waals surface area (Å²) in [7, 11) is 0. The fraction of sp³-hybridized carbons (Fsp3) is 0.850. The number of aliphatic hydroxyl groups is 4. The van der Waals surface area contributed by atoms with Crippen LogP contribution in [0.4, 0.5) is 0 Å². The SMILES string of the molecule is C=C1C(=O)C23C(O)CC4C(C)(C)C(O)CCC4(CO)C2CCC1C3O. The van der Waals surface area contributed by atoms with E-state index in [4.69, 9.17) is 0 Å². The van der Waals surface area contributed by atoms with Crippen molar-refractivity contribution in [2.24, 2.45) is 34.0 Å². The van der Waals surface area contributed by atoms with Gasteiger partial charge in [-0.3, -0.25) is 4.79 Å². The molecule has 0 aromatic heterocycles. The fourth-order valence-corrected chi connectivity index (χ4v) is 7.33.